The lowest BCUT2D eigenvalue weighted by Gasteiger charge is -2.28. The van der Waals surface area contributed by atoms with Crippen LogP contribution in [0, 0.1) is 0 Å². The average Bonchev–Trinajstić information content (AvgIpc) is 3.09. The summed E-state index contributed by atoms with van der Waals surface area (Å²) in [7, 11) is 1.16. The van der Waals surface area contributed by atoms with Gasteiger partial charge in [-0.25, -0.2) is 0 Å². The standard InChI is InChI=1S/C42H80NO8P/c1-6-8-10-12-14-16-18-19-20-21-22-23-24-25-27-29-31-33-35-42(45)51-40(39-50-52(46,47)49-37-36-43(3,4)5)38-48-41(44)34-32-30-28-26-17-15-13-11-9-7-2/h11,13,20-21,40H,6-10,12,14-19,22-39H2,1-5H3/b13-11-,21-20-. The minimum atomic E-state index is -4.62. The van der Waals surface area contributed by atoms with Crippen molar-refractivity contribution in [2.24, 2.45) is 0 Å². The molecule has 0 N–H and O–H groups in total. The Morgan fingerprint density at radius 3 is 1.50 bits per heavy atom. The maximum Gasteiger partial charge on any atom is 0.306 e. The van der Waals surface area contributed by atoms with E-state index in [4.69, 9.17) is 18.5 Å². The molecule has 0 radical (unpaired) electrons. The second-order valence-corrected chi connectivity index (χ2v) is 16.8. The highest BCUT2D eigenvalue weighted by Crippen LogP contribution is 2.38. The van der Waals surface area contributed by atoms with Crippen LogP contribution in [-0.4, -0.2) is 70.0 Å². The number of phosphoric ester groups is 1. The lowest BCUT2D eigenvalue weighted by atomic mass is 10.1. The van der Waals surface area contributed by atoms with Crippen LogP contribution in [-0.2, 0) is 32.7 Å². The van der Waals surface area contributed by atoms with E-state index in [2.05, 4.69) is 38.2 Å². The topological polar surface area (TPSA) is 111 Å². The Bertz CT molecular complexity index is 949. The third kappa shape index (κ3) is 38.2. The molecule has 0 aromatic heterocycles. The quantitative estimate of drug-likeness (QED) is 0.0201. The Labute approximate surface area is 319 Å². The highest BCUT2D eigenvalue weighted by molar-refractivity contribution is 7.45. The molecule has 10 heteroatoms. The molecule has 0 spiro atoms. The minimum absolute atomic E-state index is 0.0321. The van der Waals surface area contributed by atoms with Gasteiger partial charge in [0.05, 0.1) is 27.7 Å². The van der Waals surface area contributed by atoms with Gasteiger partial charge in [0.1, 0.15) is 19.8 Å². The molecular weight excluding hydrogens is 677 g/mol. The molecule has 2 unspecified atom stereocenters. The number of likely N-dealkylation sites (N-methyl/N-ethyl adjacent to an activating group) is 1. The molecular formula is C42H80NO8P. The summed E-state index contributed by atoms with van der Waals surface area (Å²) in [6.07, 6.45) is 36.4. The van der Waals surface area contributed by atoms with Crippen LogP contribution in [0.2, 0.25) is 0 Å². The second-order valence-electron chi connectivity index (χ2n) is 15.3. The summed E-state index contributed by atoms with van der Waals surface area (Å²) in [5.74, 6) is -0.850. The van der Waals surface area contributed by atoms with Crippen molar-refractivity contribution in [3.05, 3.63) is 24.3 Å². The van der Waals surface area contributed by atoms with Crippen molar-refractivity contribution in [2.75, 3.05) is 47.5 Å². The molecule has 0 saturated carbocycles. The number of rotatable bonds is 38. The van der Waals surface area contributed by atoms with Gasteiger partial charge in [0.25, 0.3) is 7.82 Å². The van der Waals surface area contributed by atoms with Gasteiger partial charge in [0, 0.05) is 12.8 Å². The molecule has 9 nitrogen and oxygen atoms in total. The van der Waals surface area contributed by atoms with Crippen LogP contribution in [0.25, 0.3) is 0 Å². The number of phosphoric acid groups is 1. The lowest BCUT2D eigenvalue weighted by molar-refractivity contribution is -0.870. The first-order valence-electron chi connectivity index (χ1n) is 21.0. The highest BCUT2D eigenvalue weighted by atomic mass is 31.2. The Morgan fingerprint density at radius 2 is 1.02 bits per heavy atom. The van der Waals surface area contributed by atoms with E-state index in [-0.39, 0.29) is 26.1 Å². The monoisotopic (exact) mass is 758 g/mol. The van der Waals surface area contributed by atoms with Crippen molar-refractivity contribution < 1.29 is 42.1 Å². The van der Waals surface area contributed by atoms with Crippen LogP contribution >= 0.6 is 7.82 Å². The van der Waals surface area contributed by atoms with E-state index in [0.29, 0.717) is 17.4 Å². The Kier molecular flexibility index (Phi) is 34.2. The summed E-state index contributed by atoms with van der Waals surface area (Å²) in [4.78, 5) is 37.4. The molecule has 0 aliphatic rings. The van der Waals surface area contributed by atoms with Crippen molar-refractivity contribution in [3.8, 4) is 0 Å². The summed E-state index contributed by atoms with van der Waals surface area (Å²) in [5.41, 5.74) is 0. The molecule has 0 aromatic rings. The fraction of sp³-hybridized carbons (Fsp3) is 0.857. The number of carbonyl (C=O) groups excluding carboxylic acids is 2. The van der Waals surface area contributed by atoms with Gasteiger partial charge in [-0.2, -0.15) is 0 Å². The number of carbonyl (C=O) groups is 2. The first-order valence-corrected chi connectivity index (χ1v) is 22.5. The molecule has 0 saturated heterocycles. The third-order valence-electron chi connectivity index (χ3n) is 8.92. The predicted octanol–water partition coefficient (Wildman–Crippen LogP) is 10.9. The van der Waals surface area contributed by atoms with Crippen LogP contribution in [0.3, 0.4) is 0 Å². The largest absolute Gasteiger partial charge is 0.756 e. The fourth-order valence-corrected chi connectivity index (χ4v) is 6.32. The normalized spacial score (nSPS) is 13.9. The number of hydrogen-bond acceptors (Lipinski definition) is 8. The van der Waals surface area contributed by atoms with E-state index in [9.17, 15) is 19.0 Å². The van der Waals surface area contributed by atoms with Crippen molar-refractivity contribution in [3.63, 3.8) is 0 Å². The Morgan fingerprint density at radius 1 is 0.577 bits per heavy atom. The van der Waals surface area contributed by atoms with Gasteiger partial charge in [-0.15, -0.1) is 0 Å². The van der Waals surface area contributed by atoms with Crippen LogP contribution < -0.4 is 4.89 Å². The van der Waals surface area contributed by atoms with Gasteiger partial charge in [-0.05, 0) is 57.8 Å². The van der Waals surface area contributed by atoms with Crippen molar-refractivity contribution in [1.29, 1.82) is 0 Å². The van der Waals surface area contributed by atoms with Crippen molar-refractivity contribution in [1.82, 2.24) is 0 Å². The number of hydrogen-bond donors (Lipinski definition) is 0. The fourth-order valence-electron chi connectivity index (χ4n) is 5.59. The van der Waals surface area contributed by atoms with E-state index >= 15 is 0 Å². The van der Waals surface area contributed by atoms with Crippen LogP contribution in [0.5, 0.6) is 0 Å². The first-order chi connectivity index (χ1) is 25.0. The zero-order chi connectivity index (χ0) is 38.6. The van der Waals surface area contributed by atoms with Gasteiger partial charge in [-0.1, -0.05) is 134 Å². The number of unbranched alkanes of at least 4 members (excludes halogenated alkanes) is 20. The zero-order valence-electron chi connectivity index (χ0n) is 34.3. The molecule has 0 aliphatic carbocycles. The summed E-state index contributed by atoms with van der Waals surface area (Å²) in [6, 6.07) is 0. The molecule has 0 aromatic carbocycles. The van der Waals surface area contributed by atoms with E-state index in [1.54, 1.807) is 0 Å². The Hall–Kier alpha value is -1.51. The van der Waals surface area contributed by atoms with Crippen molar-refractivity contribution in [2.45, 2.75) is 187 Å². The summed E-state index contributed by atoms with van der Waals surface area (Å²) >= 11 is 0. The first kappa shape index (κ1) is 50.5. The van der Waals surface area contributed by atoms with E-state index in [0.717, 1.165) is 70.6 Å². The van der Waals surface area contributed by atoms with Gasteiger partial charge < -0.3 is 27.9 Å². The van der Waals surface area contributed by atoms with Gasteiger partial charge in [-0.3, -0.25) is 14.2 Å². The molecule has 306 valence electrons. The number of esters is 2. The second kappa shape index (κ2) is 35.2. The summed E-state index contributed by atoms with van der Waals surface area (Å²) < 4.78 is 33.8. The summed E-state index contributed by atoms with van der Waals surface area (Å²) in [6.45, 7) is 4.14. The number of nitrogens with zero attached hydrogens (tertiary/aromatic N) is 1. The zero-order valence-corrected chi connectivity index (χ0v) is 35.2. The molecule has 52 heavy (non-hydrogen) atoms. The molecule has 0 heterocycles. The molecule has 0 bridgehead atoms. The van der Waals surface area contributed by atoms with Crippen LogP contribution in [0.15, 0.2) is 24.3 Å². The minimum Gasteiger partial charge on any atom is -0.756 e. The maximum atomic E-state index is 12.6. The van der Waals surface area contributed by atoms with Crippen molar-refractivity contribution >= 4 is 19.8 Å². The van der Waals surface area contributed by atoms with Crippen LogP contribution in [0.4, 0.5) is 0 Å². The summed E-state index contributed by atoms with van der Waals surface area (Å²) in [5, 5.41) is 0. The molecule has 0 aliphatic heterocycles. The smallest absolute Gasteiger partial charge is 0.306 e. The molecule has 0 rings (SSSR count). The third-order valence-corrected chi connectivity index (χ3v) is 9.89. The van der Waals surface area contributed by atoms with E-state index < -0.39 is 32.5 Å². The van der Waals surface area contributed by atoms with E-state index in [1.165, 1.54) is 77.0 Å². The van der Waals surface area contributed by atoms with E-state index in [1.807, 2.05) is 21.1 Å². The molecule has 0 amide bonds. The van der Waals surface area contributed by atoms with Crippen LogP contribution in [0.1, 0.15) is 181 Å². The van der Waals surface area contributed by atoms with Gasteiger partial charge >= 0.3 is 11.9 Å². The number of allylic oxidation sites excluding steroid dienone is 4. The van der Waals surface area contributed by atoms with Gasteiger partial charge in [0.2, 0.25) is 0 Å². The molecule has 2 atom stereocenters. The lowest BCUT2D eigenvalue weighted by Crippen LogP contribution is -2.37. The number of ether oxygens (including phenoxy) is 2. The predicted molar refractivity (Wildman–Crippen MR) is 213 cm³/mol. The maximum absolute atomic E-state index is 12.6. The molecule has 0 fully saturated rings. The number of quaternary nitrogens is 1. The Balaban J connectivity index is 4.34. The SMILES string of the molecule is CCC/C=C\CCCCCCCC(=O)OCC(COP(=O)([O-])OCC[N+](C)(C)C)OC(=O)CCCCCCCCC/C=C\CCCCCCCCC. The highest BCUT2D eigenvalue weighted by Gasteiger charge is 2.21. The average molecular weight is 758 g/mol. The van der Waals surface area contributed by atoms with Gasteiger partial charge in [0.15, 0.2) is 6.10 Å².